The second-order valence-electron chi connectivity index (χ2n) is 11.2. The van der Waals surface area contributed by atoms with Crippen molar-refractivity contribution in [2.24, 2.45) is 5.92 Å². The van der Waals surface area contributed by atoms with Gasteiger partial charge >= 0.3 is 5.97 Å². The summed E-state index contributed by atoms with van der Waals surface area (Å²) in [6, 6.07) is 7.73. The zero-order valence-electron chi connectivity index (χ0n) is 23.8. The van der Waals surface area contributed by atoms with Crippen LogP contribution in [0, 0.1) is 5.92 Å². The quantitative estimate of drug-likeness (QED) is 0.347. The Morgan fingerprint density at radius 2 is 1.95 bits per heavy atom. The molecule has 1 aromatic carbocycles. The normalized spacial score (nSPS) is 20.8. The van der Waals surface area contributed by atoms with E-state index in [0.29, 0.717) is 26.1 Å². The number of hydrogen-bond donors (Lipinski definition) is 1. The van der Waals surface area contributed by atoms with E-state index in [9.17, 15) is 14.7 Å². The number of ether oxygens (including phenoxy) is 1. The highest BCUT2D eigenvalue weighted by molar-refractivity contribution is 5.79. The van der Waals surface area contributed by atoms with Crippen molar-refractivity contribution in [2.75, 3.05) is 53.4 Å². The summed E-state index contributed by atoms with van der Waals surface area (Å²) in [5.41, 5.74) is 2.17. The van der Waals surface area contributed by atoms with Gasteiger partial charge in [0.05, 0.1) is 19.1 Å². The van der Waals surface area contributed by atoms with Crippen LogP contribution in [0.1, 0.15) is 56.1 Å². The van der Waals surface area contributed by atoms with E-state index in [1.54, 1.807) is 6.20 Å². The van der Waals surface area contributed by atoms with Crippen molar-refractivity contribution in [2.45, 2.75) is 64.0 Å². The number of nitrogens with zero attached hydrogens (tertiary/aromatic N) is 5. The Bertz CT molecular complexity index is 1070. The van der Waals surface area contributed by atoms with Crippen molar-refractivity contribution in [1.29, 1.82) is 0 Å². The van der Waals surface area contributed by atoms with Gasteiger partial charge in [-0.2, -0.15) is 5.10 Å². The summed E-state index contributed by atoms with van der Waals surface area (Å²) < 4.78 is 7.53. The monoisotopic (exact) mass is 539 g/mol. The van der Waals surface area contributed by atoms with Crippen LogP contribution >= 0.6 is 0 Å². The molecule has 1 unspecified atom stereocenters. The van der Waals surface area contributed by atoms with E-state index >= 15 is 0 Å². The molecule has 0 aliphatic carbocycles. The molecular formula is C30H45N5O4. The van der Waals surface area contributed by atoms with Gasteiger partial charge in [0.15, 0.2) is 0 Å². The van der Waals surface area contributed by atoms with Crippen molar-refractivity contribution in [1.82, 2.24) is 24.5 Å². The summed E-state index contributed by atoms with van der Waals surface area (Å²) >= 11 is 0. The molecule has 0 saturated carbocycles. The predicted octanol–water partition coefficient (Wildman–Crippen LogP) is 3.35. The van der Waals surface area contributed by atoms with E-state index in [-0.39, 0.29) is 24.4 Å². The molecule has 3 atom stereocenters. The van der Waals surface area contributed by atoms with Gasteiger partial charge in [-0.15, -0.1) is 0 Å². The van der Waals surface area contributed by atoms with E-state index in [0.717, 1.165) is 68.6 Å². The van der Waals surface area contributed by atoms with Gasteiger partial charge in [0.2, 0.25) is 5.91 Å². The maximum atomic E-state index is 13.7. The standard InChI is InChI=1S/C30H45N5O4/c1-4-5-15-33(16-7-6-14-32(2)3)28(36)22-34-21-25(23-9-10-27-24(20-23)12-19-39-27)29(30(37)38)26(34)11-18-35-17-8-13-31-35/h8-10,13,17,20,25-26,29H,4-7,11-12,14-16,18-19,21-22H2,1-3H3,(H,37,38)/t25?,26-,29+/m1/s1. The lowest BCUT2D eigenvalue weighted by molar-refractivity contribution is -0.144. The topological polar surface area (TPSA) is 91.1 Å². The summed E-state index contributed by atoms with van der Waals surface area (Å²) in [6.07, 6.45) is 9.12. The number of carbonyl (C=O) groups is 2. The Kier molecular flexibility index (Phi) is 10.4. The zero-order chi connectivity index (χ0) is 27.8. The number of carboxylic acids is 1. The minimum atomic E-state index is -0.802. The van der Waals surface area contributed by atoms with Crippen LogP contribution in [0.5, 0.6) is 5.75 Å². The molecule has 214 valence electrons. The van der Waals surface area contributed by atoms with Crippen molar-refractivity contribution in [3.05, 3.63) is 47.8 Å². The summed E-state index contributed by atoms with van der Waals surface area (Å²) in [4.78, 5) is 32.7. The lowest BCUT2D eigenvalue weighted by atomic mass is 9.83. The third-order valence-electron chi connectivity index (χ3n) is 8.14. The second-order valence-corrected chi connectivity index (χ2v) is 11.2. The van der Waals surface area contributed by atoms with Gasteiger partial charge in [0, 0.05) is 57.0 Å². The van der Waals surface area contributed by atoms with Crippen molar-refractivity contribution in [3.63, 3.8) is 0 Å². The fourth-order valence-corrected chi connectivity index (χ4v) is 6.04. The Hall–Kier alpha value is -2.91. The zero-order valence-corrected chi connectivity index (χ0v) is 23.8. The molecule has 0 radical (unpaired) electrons. The number of amides is 1. The van der Waals surface area contributed by atoms with Crippen LogP contribution in [0.25, 0.3) is 0 Å². The SMILES string of the molecule is CCCCN(CCCCN(C)C)C(=O)CN1CC(c2ccc3c(c2)CCO3)[C@H](C(=O)O)[C@H]1CCn1cccn1. The van der Waals surface area contributed by atoms with Gasteiger partial charge < -0.3 is 19.6 Å². The van der Waals surface area contributed by atoms with Gasteiger partial charge in [-0.05, 0) is 69.6 Å². The highest BCUT2D eigenvalue weighted by Crippen LogP contribution is 2.41. The molecular weight excluding hydrogens is 494 g/mol. The van der Waals surface area contributed by atoms with Crippen LogP contribution in [0.3, 0.4) is 0 Å². The Balaban J connectivity index is 1.53. The summed E-state index contributed by atoms with van der Waals surface area (Å²) in [6.45, 7) is 6.72. The number of carboxylic acid groups (broad SMARTS) is 1. The first-order valence-electron chi connectivity index (χ1n) is 14.5. The number of aryl methyl sites for hydroxylation is 1. The van der Waals surface area contributed by atoms with Crippen LogP contribution in [0.15, 0.2) is 36.7 Å². The van der Waals surface area contributed by atoms with E-state index in [2.05, 4.69) is 42.0 Å². The molecule has 1 aromatic heterocycles. The molecule has 1 fully saturated rings. The number of unbranched alkanes of at least 4 members (excludes halogenated alkanes) is 2. The number of aliphatic carboxylic acids is 1. The lowest BCUT2D eigenvalue weighted by Gasteiger charge is -2.30. The Morgan fingerprint density at radius 3 is 2.67 bits per heavy atom. The molecule has 0 spiro atoms. The number of fused-ring (bicyclic) bond motifs is 1. The fraction of sp³-hybridized carbons (Fsp3) is 0.633. The average molecular weight is 540 g/mol. The lowest BCUT2D eigenvalue weighted by Crippen LogP contribution is -2.45. The largest absolute Gasteiger partial charge is 0.493 e. The summed E-state index contributed by atoms with van der Waals surface area (Å²) in [5.74, 6) is -0.592. The van der Waals surface area contributed by atoms with E-state index in [4.69, 9.17) is 4.74 Å². The van der Waals surface area contributed by atoms with Gasteiger partial charge in [-0.25, -0.2) is 0 Å². The van der Waals surface area contributed by atoms with Crippen molar-refractivity contribution in [3.8, 4) is 5.75 Å². The second kappa shape index (κ2) is 13.9. The fourth-order valence-electron chi connectivity index (χ4n) is 6.04. The highest BCUT2D eigenvalue weighted by Gasteiger charge is 2.47. The predicted molar refractivity (Wildman–Crippen MR) is 151 cm³/mol. The van der Waals surface area contributed by atoms with Gasteiger partial charge in [0.25, 0.3) is 0 Å². The number of carbonyl (C=O) groups excluding carboxylic acids is 1. The molecule has 9 nitrogen and oxygen atoms in total. The van der Waals surface area contributed by atoms with Crippen LogP contribution < -0.4 is 4.74 Å². The molecule has 2 aliphatic rings. The summed E-state index contributed by atoms with van der Waals surface area (Å²) in [5, 5.41) is 14.8. The first-order chi connectivity index (χ1) is 18.9. The molecule has 0 bridgehead atoms. The smallest absolute Gasteiger partial charge is 0.308 e. The maximum Gasteiger partial charge on any atom is 0.308 e. The molecule has 1 N–H and O–H groups in total. The third-order valence-corrected chi connectivity index (χ3v) is 8.14. The van der Waals surface area contributed by atoms with Crippen LogP contribution in [-0.4, -0.2) is 101 Å². The van der Waals surface area contributed by atoms with Gasteiger partial charge in [0.1, 0.15) is 5.75 Å². The van der Waals surface area contributed by atoms with Gasteiger partial charge in [-0.1, -0.05) is 25.5 Å². The molecule has 9 heteroatoms. The number of likely N-dealkylation sites (tertiary alicyclic amines) is 1. The van der Waals surface area contributed by atoms with Crippen LogP contribution in [-0.2, 0) is 22.6 Å². The first-order valence-corrected chi connectivity index (χ1v) is 14.5. The summed E-state index contributed by atoms with van der Waals surface area (Å²) in [7, 11) is 4.14. The minimum Gasteiger partial charge on any atom is -0.493 e. The Labute approximate surface area is 232 Å². The third kappa shape index (κ3) is 7.60. The Morgan fingerprint density at radius 1 is 1.15 bits per heavy atom. The van der Waals surface area contributed by atoms with E-state index in [1.807, 2.05) is 34.0 Å². The number of rotatable bonds is 15. The minimum absolute atomic E-state index is 0.101. The van der Waals surface area contributed by atoms with Crippen LogP contribution in [0.2, 0.25) is 0 Å². The van der Waals surface area contributed by atoms with Crippen LogP contribution in [0.4, 0.5) is 0 Å². The van der Waals surface area contributed by atoms with Crippen molar-refractivity contribution >= 4 is 11.9 Å². The number of hydrogen-bond acceptors (Lipinski definition) is 6. The molecule has 1 saturated heterocycles. The number of aromatic nitrogens is 2. The maximum absolute atomic E-state index is 13.7. The molecule has 1 amide bonds. The highest BCUT2D eigenvalue weighted by atomic mass is 16.5. The van der Waals surface area contributed by atoms with E-state index < -0.39 is 11.9 Å². The molecule has 2 aliphatic heterocycles. The molecule has 2 aromatic rings. The molecule has 39 heavy (non-hydrogen) atoms. The van der Waals surface area contributed by atoms with Gasteiger partial charge in [-0.3, -0.25) is 19.2 Å². The molecule has 4 rings (SSSR count). The first kappa shape index (κ1) is 29.1. The molecule has 3 heterocycles. The average Bonchev–Trinajstić information content (AvgIpc) is 3.66. The van der Waals surface area contributed by atoms with Crippen molar-refractivity contribution < 1.29 is 19.4 Å². The van der Waals surface area contributed by atoms with E-state index in [1.165, 1.54) is 0 Å². The number of benzene rings is 1.